The topological polar surface area (TPSA) is 204 Å². The summed E-state index contributed by atoms with van der Waals surface area (Å²) in [5, 5.41) is 56.8. The molecule has 0 radical (unpaired) electrons. The van der Waals surface area contributed by atoms with Crippen LogP contribution in [0.25, 0.3) is 0 Å². The van der Waals surface area contributed by atoms with Gasteiger partial charge in [0.1, 0.15) is 25.4 Å². The fraction of sp³-hybridized carbons (Fsp3) is 0.656. The third kappa shape index (κ3) is 12.0. The maximum atomic E-state index is 12.6. The first-order chi connectivity index (χ1) is 21.2. The lowest BCUT2D eigenvalue weighted by molar-refractivity contribution is -0.310. The molecule has 1 aliphatic heterocycles. The summed E-state index contributed by atoms with van der Waals surface area (Å²) in [6.45, 7) is 5.49. The molecule has 1 saturated heterocycles. The Kier molecular flexibility index (Phi) is 15.4. The normalized spacial score (nSPS) is 23.0. The van der Waals surface area contributed by atoms with Crippen molar-refractivity contribution in [3.63, 3.8) is 0 Å². The lowest BCUT2D eigenvalue weighted by Gasteiger charge is -2.46. The number of unbranched alkanes of at least 4 members (excludes halogenated alkanes) is 3. The summed E-state index contributed by atoms with van der Waals surface area (Å²) in [5.74, 6) is -2.96. The molecule has 2 rings (SSSR count). The van der Waals surface area contributed by atoms with E-state index in [0.717, 1.165) is 24.0 Å². The number of ether oxygens (including phenoxy) is 3. The molecule has 0 aromatic heterocycles. The van der Waals surface area contributed by atoms with E-state index in [0.29, 0.717) is 19.4 Å². The standard InChI is InChI=1S/C32H48N2O11/c1-5-14-43-15-8-6-7-9-16-44-32(30(41)42)18-23(36)27(34-26(39)20-35)29(45-32)28(40)24(37)19-33-25(38)17-21-10-12-22(13-11-21)31(2,3)4/h1,10-13,23-24,27-29,35-37,40H,6-9,14-20H2,2-4H3,(H,33,38)(H,34,39)(H,41,42)/t23-,24+,27+,28+,29+,32+/m0/s1. The maximum absolute atomic E-state index is 12.6. The minimum absolute atomic E-state index is 0.00889. The summed E-state index contributed by atoms with van der Waals surface area (Å²) < 4.78 is 16.5. The van der Waals surface area contributed by atoms with Gasteiger partial charge in [-0.3, -0.25) is 9.59 Å². The Bertz CT molecular complexity index is 1130. The van der Waals surface area contributed by atoms with E-state index in [1.807, 2.05) is 24.3 Å². The second-order valence-corrected chi connectivity index (χ2v) is 12.2. The largest absolute Gasteiger partial charge is 0.477 e. The highest BCUT2D eigenvalue weighted by atomic mass is 16.7. The number of aliphatic hydroxyl groups excluding tert-OH is 4. The fourth-order valence-corrected chi connectivity index (χ4v) is 4.90. The van der Waals surface area contributed by atoms with Gasteiger partial charge in [-0.05, 0) is 29.4 Å². The molecule has 1 aromatic rings. The zero-order valence-corrected chi connectivity index (χ0v) is 26.2. The zero-order valence-electron chi connectivity index (χ0n) is 26.2. The van der Waals surface area contributed by atoms with Crippen LogP contribution in [0.2, 0.25) is 0 Å². The van der Waals surface area contributed by atoms with E-state index in [2.05, 4.69) is 37.3 Å². The van der Waals surface area contributed by atoms with Crippen LogP contribution in [0.5, 0.6) is 0 Å². The van der Waals surface area contributed by atoms with Crippen molar-refractivity contribution in [3.8, 4) is 12.3 Å². The van der Waals surface area contributed by atoms with Crippen LogP contribution < -0.4 is 10.6 Å². The van der Waals surface area contributed by atoms with Crippen LogP contribution in [0, 0.1) is 12.3 Å². The number of nitrogens with one attached hydrogen (secondary N) is 2. The number of amides is 2. The third-order valence-electron chi connectivity index (χ3n) is 7.50. The number of carboxylic acids is 1. The predicted octanol–water partition coefficient (Wildman–Crippen LogP) is -0.000800. The molecular weight excluding hydrogens is 588 g/mol. The summed E-state index contributed by atoms with van der Waals surface area (Å²) >= 11 is 0. The lowest BCUT2D eigenvalue weighted by atomic mass is 9.86. The van der Waals surface area contributed by atoms with Gasteiger partial charge in [0.25, 0.3) is 5.79 Å². The number of aliphatic hydroxyl groups is 4. The van der Waals surface area contributed by atoms with Crippen LogP contribution in [0.4, 0.5) is 0 Å². The van der Waals surface area contributed by atoms with Crippen molar-refractivity contribution in [1.82, 2.24) is 10.6 Å². The van der Waals surface area contributed by atoms with Gasteiger partial charge in [-0.25, -0.2) is 4.79 Å². The van der Waals surface area contributed by atoms with E-state index >= 15 is 0 Å². The highest BCUT2D eigenvalue weighted by molar-refractivity contribution is 5.79. The van der Waals surface area contributed by atoms with E-state index in [1.165, 1.54) is 0 Å². The molecule has 1 heterocycles. The van der Waals surface area contributed by atoms with Crippen LogP contribution in [-0.2, 0) is 40.4 Å². The van der Waals surface area contributed by atoms with Gasteiger partial charge in [-0.2, -0.15) is 0 Å². The number of hydrogen-bond donors (Lipinski definition) is 7. The van der Waals surface area contributed by atoms with Crippen molar-refractivity contribution < 1.29 is 54.1 Å². The summed E-state index contributed by atoms with van der Waals surface area (Å²) in [6.07, 6.45) is 0.315. The number of carbonyl (C=O) groups is 3. The molecule has 6 atom stereocenters. The van der Waals surface area contributed by atoms with Gasteiger partial charge < -0.3 is 50.4 Å². The molecule has 45 heavy (non-hydrogen) atoms. The van der Waals surface area contributed by atoms with Gasteiger partial charge in [0.05, 0.1) is 31.3 Å². The van der Waals surface area contributed by atoms with E-state index in [9.17, 15) is 39.9 Å². The number of terminal acetylenes is 1. The average molecular weight is 637 g/mol. The Hall–Kier alpha value is -3.09. The molecule has 0 bridgehead atoms. The van der Waals surface area contributed by atoms with Gasteiger partial charge in [-0.15, -0.1) is 6.42 Å². The summed E-state index contributed by atoms with van der Waals surface area (Å²) in [4.78, 5) is 36.9. The second kappa shape index (κ2) is 18.2. The third-order valence-corrected chi connectivity index (χ3v) is 7.50. The van der Waals surface area contributed by atoms with Gasteiger partial charge in [0, 0.05) is 19.6 Å². The highest BCUT2D eigenvalue weighted by Gasteiger charge is 2.55. The fourth-order valence-electron chi connectivity index (χ4n) is 4.90. The maximum Gasteiger partial charge on any atom is 0.364 e. The average Bonchev–Trinajstić information content (AvgIpc) is 2.99. The number of rotatable bonds is 18. The minimum Gasteiger partial charge on any atom is -0.477 e. The van der Waals surface area contributed by atoms with Crippen LogP contribution in [-0.4, -0.2) is 113 Å². The lowest BCUT2D eigenvalue weighted by Crippen LogP contribution is -2.68. The minimum atomic E-state index is -2.40. The first-order valence-electron chi connectivity index (χ1n) is 15.1. The molecular formula is C32H48N2O11. The number of carboxylic acid groups (broad SMARTS) is 1. The van der Waals surface area contributed by atoms with Crippen LogP contribution >= 0.6 is 0 Å². The Morgan fingerprint density at radius 1 is 1.09 bits per heavy atom. The predicted molar refractivity (Wildman–Crippen MR) is 163 cm³/mol. The summed E-state index contributed by atoms with van der Waals surface area (Å²) in [7, 11) is 0. The molecule has 1 aromatic carbocycles. The number of hydrogen-bond acceptors (Lipinski definition) is 10. The molecule has 13 heteroatoms. The van der Waals surface area contributed by atoms with Crippen molar-refractivity contribution in [2.75, 3.05) is 33.0 Å². The Morgan fingerprint density at radius 2 is 1.73 bits per heavy atom. The Morgan fingerprint density at radius 3 is 2.31 bits per heavy atom. The number of carbonyl (C=O) groups excluding carboxylic acids is 2. The van der Waals surface area contributed by atoms with Crippen molar-refractivity contribution in [2.24, 2.45) is 0 Å². The first kappa shape index (κ1) is 38.1. The van der Waals surface area contributed by atoms with E-state index < -0.39 is 73.6 Å². The molecule has 7 N–H and O–H groups in total. The van der Waals surface area contributed by atoms with Crippen molar-refractivity contribution in [3.05, 3.63) is 35.4 Å². The number of benzene rings is 1. The molecule has 13 nitrogen and oxygen atoms in total. The van der Waals surface area contributed by atoms with Crippen molar-refractivity contribution >= 4 is 17.8 Å². The monoisotopic (exact) mass is 636 g/mol. The molecule has 0 aliphatic carbocycles. The Balaban J connectivity index is 2.05. The van der Waals surface area contributed by atoms with Crippen molar-refractivity contribution in [1.29, 1.82) is 0 Å². The van der Waals surface area contributed by atoms with Crippen LogP contribution in [0.1, 0.15) is 64.0 Å². The number of aliphatic carboxylic acids is 1. The molecule has 1 fully saturated rings. The van der Waals surface area contributed by atoms with E-state index in [1.54, 1.807) is 0 Å². The van der Waals surface area contributed by atoms with E-state index in [-0.39, 0.29) is 25.0 Å². The Labute approximate surface area is 264 Å². The van der Waals surface area contributed by atoms with Gasteiger partial charge in [0.15, 0.2) is 0 Å². The molecule has 0 saturated carbocycles. The molecule has 0 spiro atoms. The summed E-state index contributed by atoms with van der Waals surface area (Å²) in [6, 6.07) is 6.12. The molecule has 1 aliphatic rings. The molecule has 0 unspecified atom stereocenters. The van der Waals surface area contributed by atoms with Gasteiger partial charge in [-0.1, -0.05) is 63.8 Å². The van der Waals surface area contributed by atoms with Crippen molar-refractivity contribution in [2.45, 2.75) is 101 Å². The smallest absolute Gasteiger partial charge is 0.364 e. The second-order valence-electron chi connectivity index (χ2n) is 12.2. The first-order valence-corrected chi connectivity index (χ1v) is 15.1. The van der Waals surface area contributed by atoms with Crippen LogP contribution in [0.3, 0.4) is 0 Å². The quantitative estimate of drug-likeness (QED) is 0.0844. The van der Waals surface area contributed by atoms with E-state index in [4.69, 9.17) is 20.6 Å². The van der Waals surface area contributed by atoms with Crippen LogP contribution in [0.15, 0.2) is 24.3 Å². The van der Waals surface area contributed by atoms with Gasteiger partial charge in [0.2, 0.25) is 11.8 Å². The molecule has 252 valence electrons. The summed E-state index contributed by atoms with van der Waals surface area (Å²) in [5.41, 5.74) is 1.79. The zero-order chi connectivity index (χ0) is 33.6. The highest BCUT2D eigenvalue weighted by Crippen LogP contribution is 2.34. The SMILES string of the molecule is C#CCOCCCCCCO[C@]1(C(=O)O)C[C@H](O)[C@@H](NC(=O)CO)[C@H]([C@H](O)[C@H](O)CNC(=O)Cc2ccc(C(C)(C)C)cc2)O1. The molecule has 2 amide bonds. The van der Waals surface area contributed by atoms with Gasteiger partial charge >= 0.3 is 5.97 Å².